The van der Waals surface area contributed by atoms with Gasteiger partial charge in [0.1, 0.15) is 9.84 Å². The molecule has 1 saturated carbocycles. The van der Waals surface area contributed by atoms with Crippen LogP contribution in [0.1, 0.15) is 25.7 Å². The number of hydrogen-bond donors (Lipinski definition) is 0. The van der Waals surface area contributed by atoms with E-state index in [1.165, 1.54) is 31.9 Å². The Morgan fingerprint density at radius 1 is 1.27 bits per heavy atom. The van der Waals surface area contributed by atoms with Crippen molar-refractivity contribution in [3.8, 4) is 0 Å². The lowest BCUT2D eigenvalue weighted by atomic mass is 10.2. The van der Waals surface area contributed by atoms with Crippen LogP contribution < -0.4 is 0 Å². The predicted molar refractivity (Wildman–Crippen MR) is 67.3 cm³/mol. The normalized spacial score (nSPS) is 18.9. The fourth-order valence-electron chi connectivity index (χ4n) is 2.14. The van der Waals surface area contributed by atoms with Gasteiger partial charge in [0, 0.05) is 30.7 Å². The third-order valence-corrected chi connectivity index (χ3v) is 4.24. The van der Waals surface area contributed by atoms with E-state index in [9.17, 15) is 8.42 Å². The zero-order valence-corrected chi connectivity index (χ0v) is 11.7. The van der Waals surface area contributed by atoms with Crippen molar-refractivity contribution >= 4 is 25.8 Å². The van der Waals surface area contributed by atoms with Crippen LogP contribution >= 0.6 is 15.9 Å². The summed E-state index contributed by atoms with van der Waals surface area (Å²) in [5.74, 6) is 0.288. The summed E-state index contributed by atoms with van der Waals surface area (Å²) in [5.41, 5.74) is 0. The molecule has 0 aromatic rings. The Balaban J connectivity index is 2.42. The smallest absolute Gasteiger partial charge is 0.148 e. The highest BCUT2D eigenvalue weighted by Crippen LogP contribution is 2.23. The first-order valence-electron chi connectivity index (χ1n) is 5.50. The van der Waals surface area contributed by atoms with E-state index in [4.69, 9.17) is 0 Å². The molecule has 0 unspecified atom stereocenters. The highest BCUT2D eigenvalue weighted by atomic mass is 79.9. The van der Waals surface area contributed by atoms with Crippen molar-refractivity contribution in [2.24, 2.45) is 0 Å². The molecule has 0 heterocycles. The van der Waals surface area contributed by atoms with Gasteiger partial charge in [-0.15, -0.1) is 0 Å². The van der Waals surface area contributed by atoms with Crippen molar-refractivity contribution in [1.82, 2.24) is 4.90 Å². The van der Waals surface area contributed by atoms with E-state index in [0.29, 0.717) is 12.6 Å². The van der Waals surface area contributed by atoms with Crippen LogP contribution in [0.4, 0.5) is 0 Å². The summed E-state index contributed by atoms with van der Waals surface area (Å²) >= 11 is 3.43. The fraction of sp³-hybridized carbons (Fsp3) is 1.00. The van der Waals surface area contributed by atoms with Crippen molar-refractivity contribution in [2.75, 3.05) is 30.4 Å². The van der Waals surface area contributed by atoms with Gasteiger partial charge in [0.05, 0.1) is 5.75 Å². The van der Waals surface area contributed by atoms with Crippen molar-refractivity contribution < 1.29 is 8.42 Å². The third-order valence-electron chi connectivity index (χ3n) is 2.96. The molecular weight excluding hydrogens is 278 g/mol. The Labute approximate surface area is 101 Å². The molecule has 0 aromatic carbocycles. The molecule has 3 nitrogen and oxygen atoms in total. The minimum Gasteiger partial charge on any atom is -0.299 e. The molecule has 0 atom stereocenters. The van der Waals surface area contributed by atoms with Gasteiger partial charge in [-0.25, -0.2) is 8.42 Å². The molecule has 0 saturated heterocycles. The Hall–Kier alpha value is 0.390. The first-order valence-corrected chi connectivity index (χ1v) is 8.69. The maximum absolute atomic E-state index is 11.1. The molecule has 0 amide bonds. The highest BCUT2D eigenvalue weighted by molar-refractivity contribution is 9.09. The second kappa shape index (κ2) is 6.21. The van der Waals surface area contributed by atoms with E-state index in [1.807, 2.05) is 0 Å². The molecule has 0 radical (unpaired) electrons. The van der Waals surface area contributed by atoms with Gasteiger partial charge in [-0.2, -0.15) is 0 Å². The van der Waals surface area contributed by atoms with E-state index in [-0.39, 0.29) is 5.75 Å². The molecule has 0 aliphatic heterocycles. The summed E-state index contributed by atoms with van der Waals surface area (Å²) in [4.78, 5) is 2.32. The molecule has 1 fully saturated rings. The average molecular weight is 298 g/mol. The molecule has 1 aliphatic carbocycles. The molecule has 15 heavy (non-hydrogen) atoms. The molecule has 1 aliphatic rings. The second-order valence-corrected chi connectivity index (χ2v) is 7.35. The molecule has 1 rings (SSSR count). The van der Waals surface area contributed by atoms with Gasteiger partial charge in [-0.3, -0.25) is 4.90 Å². The van der Waals surface area contributed by atoms with Gasteiger partial charge >= 0.3 is 0 Å². The lowest BCUT2D eigenvalue weighted by Gasteiger charge is -2.27. The summed E-state index contributed by atoms with van der Waals surface area (Å²) < 4.78 is 22.2. The Kier molecular flexibility index (Phi) is 5.57. The van der Waals surface area contributed by atoms with E-state index in [1.54, 1.807) is 0 Å². The standard InChI is InChI=1S/C10H20BrNO2S/c1-15(13,14)9-8-12(7-6-11)10-4-2-3-5-10/h10H,2-9H2,1H3. The van der Waals surface area contributed by atoms with E-state index >= 15 is 0 Å². The van der Waals surface area contributed by atoms with Gasteiger partial charge < -0.3 is 0 Å². The van der Waals surface area contributed by atoms with Crippen LogP contribution in [-0.2, 0) is 9.84 Å². The van der Waals surface area contributed by atoms with Crippen molar-refractivity contribution in [3.05, 3.63) is 0 Å². The van der Waals surface area contributed by atoms with Crippen LogP contribution in [0, 0.1) is 0 Å². The topological polar surface area (TPSA) is 37.4 Å². The van der Waals surface area contributed by atoms with Crippen LogP contribution in [0.2, 0.25) is 0 Å². The van der Waals surface area contributed by atoms with E-state index < -0.39 is 9.84 Å². The van der Waals surface area contributed by atoms with Crippen LogP contribution in [0.15, 0.2) is 0 Å². The van der Waals surface area contributed by atoms with Gasteiger partial charge in [0.2, 0.25) is 0 Å². The summed E-state index contributed by atoms with van der Waals surface area (Å²) in [6.07, 6.45) is 6.37. The van der Waals surface area contributed by atoms with Gasteiger partial charge in [-0.1, -0.05) is 28.8 Å². The quantitative estimate of drug-likeness (QED) is 0.700. The van der Waals surface area contributed by atoms with E-state index in [0.717, 1.165) is 11.9 Å². The number of hydrogen-bond acceptors (Lipinski definition) is 3. The summed E-state index contributed by atoms with van der Waals surface area (Å²) in [6, 6.07) is 0.615. The summed E-state index contributed by atoms with van der Waals surface area (Å²) in [7, 11) is -2.82. The molecule has 0 N–H and O–H groups in total. The van der Waals surface area contributed by atoms with Gasteiger partial charge in [-0.05, 0) is 12.8 Å². The van der Waals surface area contributed by atoms with Gasteiger partial charge in [0.25, 0.3) is 0 Å². The monoisotopic (exact) mass is 297 g/mol. The maximum Gasteiger partial charge on any atom is 0.148 e. The van der Waals surface area contributed by atoms with Crippen molar-refractivity contribution in [1.29, 1.82) is 0 Å². The Bertz CT molecular complexity index is 273. The van der Waals surface area contributed by atoms with Crippen LogP contribution in [0.5, 0.6) is 0 Å². The number of sulfone groups is 1. The van der Waals surface area contributed by atoms with Crippen LogP contribution in [0.3, 0.4) is 0 Å². The minimum absolute atomic E-state index is 0.288. The van der Waals surface area contributed by atoms with Crippen LogP contribution in [-0.4, -0.2) is 49.8 Å². The Morgan fingerprint density at radius 3 is 2.33 bits per heavy atom. The maximum atomic E-state index is 11.1. The van der Waals surface area contributed by atoms with Gasteiger partial charge in [0.15, 0.2) is 0 Å². The SMILES string of the molecule is CS(=O)(=O)CCN(CCBr)C1CCCC1. The summed E-state index contributed by atoms with van der Waals surface area (Å²) in [5, 5.41) is 0.924. The first-order chi connectivity index (χ1) is 7.03. The largest absolute Gasteiger partial charge is 0.299 e. The second-order valence-electron chi connectivity index (χ2n) is 4.29. The lowest BCUT2D eigenvalue weighted by molar-refractivity contribution is 0.223. The molecule has 5 heteroatoms. The molecule has 90 valence electrons. The summed E-state index contributed by atoms with van der Waals surface area (Å²) in [6.45, 7) is 1.65. The number of halogens is 1. The number of alkyl halides is 1. The molecule has 0 bridgehead atoms. The molecule has 0 spiro atoms. The highest BCUT2D eigenvalue weighted by Gasteiger charge is 2.22. The third kappa shape index (κ3) is 5.31. The molecule has 0 aromatic heterocycles. The lowest BCUT2D eigenvalue weighted by Crippen LogP contribution is -2.38. The fourth-order valence-corrected chi connectivity index (χ4v) is 3.16. The Morgan fingerprint density at radius 2 is 1.87 bits per heavy atom. The average Bonchev–Trinajstić information content (AvgIpc) is 2.63. The van der Waals surface area contributed by atoms with Crippen LogP contribution in [0.25, 0.3) is 0 Å². The zero-order valence-electron chi connectivity index (χ0n) is 9.28. The first kappa shape index (κ1) is 13.5. The number of nitrogens with zero attached hydrogens (tertiary/aromatic N) is 1. The number of rotatable bonds is 6. The predicted octanol–water partition coefficient (Wildman–Crippen LogP) is 1.67. The molecular formula is C10H20BrNO2S. The van der Waals surface area contributed by atoms with E-state index in [2.05, 4.69) is 20.8 Å². The minimum atomic E-state index is -2.82. The zero-order chi connectivity index (χ0) is 11.3. The van der Waals surface area contributed by atoms with Crippen molar-refractivity contribution in [3.63, 3.8) is 0 Å². The van der Waals surface area contributed by atoms with Crippen molar-refractivity contribution in [2.45, 2.75) is 31.7 Å².